The Labute approximate surface area is 120 Å². The predicted molar refractivity (Wildman–Crippen MR) is 76.1 cm³/mol. The van der Waals surface area contributed by atoms with Crippen molar-refractivity contribution in [3.63, 3.8) is 0 Å². The molecule has 0 bridgehead atoms. The first kappa shape index (κ1) is 15.3. The van der Waals surface area contributed by atoms with Crippen molar-refractivity contribution in [1.29, 1.82) is 0 Å². The molecule has 1 saturated carbocycles. The fourth-order valence-electron chi connectivity index (χ4n) is 2.89. The SMILES string of the molecule is CC[C@@H](O)CN1C(=O)N[C@](CCC(C)C)(C2CC2)C1=O. The Morgan fingerprint density at radius 2 is 2.05 bits per heavy atom. The maximum atomic E-state index is 12.7. The molecule has 2 rings (SSSR count). The smallest absolute Gasteiger partial charge is 0.325 e. The highest BCUT2D eigenvalue weighted by atomic mass is 16.3. The molecule has 3 amide bonds. The van der Waals surface area contributed by atoms with Crippen LogP contribution in [0.4, 0.5) is 4.79 Å². The highest BCUT2D eigenvalue weighted by Gasteiger charge is 2.58. The molecule has 0 spiro atoms. The summed E-state index contributed by atoms with van der Waals surface area (Å²) in [5, 5.41) is 12.7. The molecule has 2 fully saturated rings. The topological polar surface area (TPSA) is 69.6 Å². The molecule has 2 atom stereocenters. The van der Waals surface area contributed by atoms with Crippen LogP contribution in [0, 0.1) is 11.8 Å². The van der Waals surface area contributed by atoms with E-state index in [1.54, 1.807) is 0 Å². The summed E-state index contributed by atoms with van der Waals surface area (Å²) in [6.45, 7) is 6.20. The van der Waals surface area contributed by atoms with Gasteiger partial charge in [-0.3, -0.25) is 9.69 Å². The van der Waals surface area contributed by atoms with Gasteiger partial charge in [0.2, 0.25) is 0 Å². The van der Waals surface area contributed by atoms with Gasteiger partial charge in [-0.1, -0.05) is 20.8 Å². The van der Waals surface area contributed by atoms with Gasteiger partial charge in [-0.2, -0.15) is 0 Å². The van der Waals surface area contributed by atoms with Crippen molar-refractivity contribution < 1.29 is 14.7 Å². The largest absolute Gasteiger partial charge is 0.391 e. The van der Waals surface area contributed by atoms with E-state index in [9.17, 15) is 14.7 Å². The molecular weight excluding hydrogens is 256 g/mol. The zero-order valence-electron chi connectivity index (χ0n) is 12.7. The summed E-state index contributed by atoms with van der Waals surface area (Å²) in [7, 11) is 0. The lowest BCUT2D eigenvalue weighted by atomic mass is 9.85. The number of carbonyl (C=O) groups excluding carboxylic acids is 2. The van der Waals surface area contributed by atoms with E-state index in [0.717, 1.165) is 19.3 Å². The van der Waals surface area contributed by atoms with E-state index in [2.05, 4.69) is 19.2 Å². The summed E-state index contributed by atoms with van der Waals surface area (Å²) in [5.74, 6) is 0.658. The van der Waals surface area contributed by atoms with Crippen molar-refractivity contribution in [1.82, 2.24) is 10.2 Å². The third-order valence-corrected chi connectivity index (χ3v) is 4.46. The van der Waals surface area contributed by atoms with Crippen molar-refractivity contribution >= 4 is 11.9 Å². The van der Waals surface area contributed by atoms with E-state index in [0.29, 0.717) is 18.8 Å². The van der Waals surface area contributed by atoms with Gasteiger partial charge in [-0.05, 0) is 43.9 Å². The Balaban J connectivity index is 2.13. The van der Waals surface area contributed by atoms with E-state index >= 15 is 0 Å². The normalized spacial score (nSPS) is 28.1. The summed E-state index contributed by atoms with van der Waals surface area (Å²) in [5.41, 5.74) is -0.700. The molecular formula is C15H26N2O3. The van der Waals surface area contributed by atoms with Gasteiger partial charge in [0.15, 0.2) is 0 Å². The molecule has 5 heteroatoms. The second-order valence-electron chi connectivity index (χ2n) is 6.59. The monoisotopic (exact) mass is 282 g/mol. The van der Waals surface area contributed by atoms with Gasteiger partial charge < -0.3 is 10.4 Å². The highest BCUT2D eigenvalue weighted by Crippen LogP contribution is 2.45. The fraction of sp³-hybridized carbons (Fsp3) is 0.867. The minimum Gasteiger partial charge on any atom is -0.391 e. The number of nitrogens with one attached hydrogen (secondary N) is 1. The maximum Gasteiger partial charge on any atom is 0.325 e. The molecule has 0 unspecified atom stereocenters. The first-order valence-electron chi connectivity index (χ1n) is 7.73. The van der Waals surface area contributed by atoms with Crippen LogP contribution in [-0.2, 0) is 4.79 Å². The zero-order valence-corrected chi connectivity index (χ0v) is 12.7. The molecule has 0 aromatic heterocycles. The van der Waals surface area contributed by atoms with Crippen LogP contribution in [0.5, 0.6) is 0 Å². The van der Waals surface area contributed by atoms with Crippen LogP contribution in [0.3, 0.4) is 0 Å². The van der Waals surface area contributed by atoms with Crippen LogP contribution in [-0.4, -0.2) is 40.1 Å². The molecule has 0 aromatic rings. The number of amides is 3. The molecule has 5 nitrogen and oxygen atoms in total. The molecule has 1 saturated heterocycles. The average molecular weight is 282 g/mol. The van der Waals surface area contributed by atoms with Gasteiger partial charge in [-0.15, -0.1) is 0 Å². The summed E-state index contributed by atoms with van der Waals surface area (Å²) in [6.07, 6.45) is 3.55. The lowest BCUT2D eigenvalue weighted by molar-refractivity contribution is -0.133. The van der Waals surface area contributed by atoms with Gasteiger partial charge in [0.1, 0.15) is 5.54 Å². The maximum absolute atomic E-state index is 12.7. The fourth-order valence-corrected chi connectivity index (χ4v) is 2.89. The van der Waals surface area contributed by atoms with Gasteiger partial charge in [0, 0.05) is 0 Å². The number of hydrogen-bond acceptors (Lipinski definition) is 3. The van der Waals surface area contributed by atoms with Crippen LogP contribution in [0.2, 0.25) is 0 Å². The van der Waals surface area contributed by atoms with Crippen LogP contribution < -0.4 is 5.32 Å². The van der Waals surface area contributed by atoms with Gasteiger partial charge >= 0.3 is 6.03 Å². The highest BCUT2D eigenvalue weighted by molar-refractivity contribution is 6.07. The molecule has 114 valence electrons. The van der Waals surface area contributed by atoms with E-state index in [1.165, 1.54) is 4.90 Å². The number of aliphatic hydroxyl groups excluding tert-OH is 1. The number of β-amino-alcohol motifs (C(OH)–C–C–N with tert-alkyl or cyclic N) is 1. The molecule has 20 heavy (non-hydrogen) atoms. The molecule has 1 aliphatic heterocycles. The molecule has 2 N–H and O–H groups in total. The van der Waals surface area contributed by atoms with Gasteiger partial charge in [0.05, 0.1) is 12.6 Å². The molecule has 1 aliphatic carbocycles. The van der Waals surface area contributed by atoms with Crippen LogP contribution >= 0.6 is 0 Å². The molecule has 0 aromatic carbocycles. The summed E-state index contributed by atoms with van der Waals surface area (Å²) in [4.78, 5) is 26.0. The molecule has 1 heterocycles. The lowest BCUT2D eigenvalue weighted by Crippen LogP contribution is -2.49. The number of carbonyl (C=O) groups is 2. The van der Waals surface area contributed by atoms with Crippen molar-refractivity contribution in [2.75, 3.05) is 6.54 Å². The predicted octanol–water partition coefficient (Wildman–Crippen LogP) is 1.89. The van der Waals surface area contributed by atoms with E-state index in [-0.39, 0.29) is 24.4 Å². The Kier molecular flexibility index (Phi) is 4.37. The minimum absolute atomic E-state index is 0.108. The van der Waals surface area contributed by atoms with Crippen molar-refractivity contribution in [2.24, 2.45) is 11.8 Å². The third kappa shape index (κ3) is 2.82. The number of hydrogen-bond donors (Lipinski definition) is 2. The zero-order chi connectivity index (χ0) is 14.9. The van der Waals surface area contributed by atoms with Crippen molar-refractivity contribution in [3.05, 3.63) is 0 Å². The Hall–Kier alpha value is -1.10. The molecule has 0 radical (unpaired) electrons. The first-order chi connectivity index (χ1) is 9.40. The standard InChI is InChI=1S/C15H26N2O3/c1-4-12(18)9-17-13(19)15(11-5-6-11,16-14(17)20)8-7-10(2)3/h10-12,18H,4-9H2,1-3H3,(H,16,20)/t12-,15-/m1/s1. The van der Waals surface area contributed by atoms with Crippen LogP contribution in [0.25, 0.3) is 0 Å². The second kappa shape index (κ2) is 5.72. The number of nitrogens with zero attached hydrogens (tertiary/aromatic N) is 1. The first-order valence-corrected chi connectivity index (χ1v) is 7.73. The lowest BCUT2D eigenvalue weighted by Gasteiger charge is -2.27. The quantitative estimate of drug-likeness (QED) is 0.701. The van der Waals surface area contributed by atoms with E-state index in [1.807, 2.05) is 6.92 Å². The Morgan fingerprint density at radius 1 is 1.40 bits per heavy atom. The van der Waals surface area contributed by atoms with Gasteiger partial charge in [0.25, 0.3) is 5.91 Å². The minimum atomic E-state index is -0.700. The van der Waals surface area contributed by atoms with E-state index in [4.69, 9.17) is 0 Å². The number of urea groups is 1. The average Bonchev–Trinajstić information content (AvgIpc) is 3.20. The Morgan fingerprint density at radius 3 is 2.55 bits per heavy atom. The van der Waals surface area contributed by atoms with Gasteiger partial charge in [-0.25, -0.2) is 4.79 Å². The summed E-state index contributed by atoms with van der Waals surface area (Å²) >= 11 is 0. The number of imide groups is 1. The van der Waals surface area contributed by atoms with Crippen molar-refractivity contribution in [2.45, 2.75) is 64.5 Å². The number of aliphatic hydroxyl groups is 1. The third-order valence-electron chi connectivity index (χ3n) is 4.46. The second-order valence-corrected chi connectivity index (χ2v) is 6.59. The van der Waals surface area contributed by atoms with Crippen molar-refractivity contribution in [3.8, 4) is 0 Å². The summed E-state index contributed by atoms with van der Waals surface area (Å²) < 4.78 is 0. The number of rotatable bonds is 7. The van der Waals surface area contributed by atoms with Crippen LogP contribution in [0.1, 0.15) is 52.9 Å². The molecule has 2 aliphatic rings. The van der Waals surface area contributed by atoms with E-state index < -0.39 is 11.6 Å². The Bertz CT molecular complexity index is 393. The summed E-state index contributed by atoms with van der Waals surface area (Å²) in [6, 6.07) is -0.335. The van der Waals surface area contributed by atoms with Crippen LogP contribution in [0.15, 0.2) is 0 Å².